The fraction of sp³-hybridized carbons (Fsp3) is 0.360. The molecule has 0 saturated heterocycles. The second-order valence-corrected chi connectivity index (χ2v) is 11.7. The number of aromatic nitrogens is 4. The number of ether oxygens (including phenoxy) is 1. The van der Waals surface area contributed by atoms with Gasteiger partial charge in [-0.05, 0) is 62.2 Å². The lowest BCUT2D eigenvalue weighted by atomic mass is 9.87. The Bertz CT molecular complexity index is 1400. The van der Waals surface area contributed by atoms with Crippen molar-refractivity contribution in [1.82, 2.24) is 19.9 Å². The molecule has 0 radical (unpaired) electrons. The second kappa shape index (κ2) is 7.45. The zero-order valence-corrected chi connectivity index (χ0v) is 22.0. The topological polar surface area (TPSA) is 66.6 Å². The van der Waals surface area contributed by atoms with Crippen molar-refractivity contribution in [3.63, 3.8) is 0 Å². The Kier molecular flexibility index (Phi) is 5.06. The predicted octanol–water partition coefficient (Wildman–Crippen LogP) is 6.89. The summed E-state index contributed by atoms with van der Waals surface area (Å²) in [5.74, 6) is 0.765. The third-order valence-corrected chi connectivity index (χ3v) is 7.62. The van der Waals surface area contributed by atoms with E-state index in [1.807, 2.05) is 0 Å². The lowest BCUT2D eigenvalue weighted by molar-refractivity contribution is 0.409. The molecule has 0 spiro atoms. The molecule has 32 heavy (non-hydrogen) atoms. The maximum Gasteiger partial charge on any atom is 0.164 e. The van der Waals surface area contributed by atoms with Gasteiger partial charge in [0.25, 0.3) is 0 Å². The quantitative estimate of drug-likeness (QED) is 0.342. The molecule has 166 valence electrons. The van der Waals surface area contributed by atoms with E-state index < -0.39 is 0 Å². The number of rotatable bonds is 1. The van der Waals surface area contributed by atoms with Gasteiger partial charge < -0.3 is 14.7 Å². The molecule has 0 amide bonds. The van der Waals surface area contributed by atoms with E-state index in [0.717, 1.165) is 72.4 Å². The van der Waals surface area contributed by atoms with Gasteiger partial charge in [0.05, 0.1) is 23.8 Å². The van der Waals surface area contributed by atoms with Gasteiger partial charge in [-0.1, -0.05) is 27.7 Å². The molecular formula is C25H26Br2N4O. The smallest absolute Gasteiger partial charge is 0.164 e. The summed E-state index contributed by atoms with van der Waals surface area (Å²) in [5.41, 5.74) is 7.85. The van der Waals surface area contributed by atoms with E-state index in [2.05, 4.69) is 99.9 Å². The number of halogens is 2. The van der Waals surface area contributed by atoms with Gasteiger partial charge in [0.2, 0.25) is 0 Å². The molecule has 2 aliphatic heterocycles. The molecule has 5 heterocycles. The highest BCUT2D eigenvalue weighted by Gasteiger charge is 2.31. The first-order valence-electron chi connectivity index (χ1n) is 10.7. The molecule has 5 nitrogen and oxygen atoms in total. The summed E-state index contributed by atoms with van der Waals surface area (Å²) < 4.78 is 7.85. The van der Waals surface area contributed by atoms with Crippen molar-refractivity contribution in [3.05, 3.63) is 62.1 Å². The van der Waals surface area contributed by atoms with Crippen LogP contribution < -0.4 is 4.74 Å². The maximum absolute atomic E-state index is 5.88. The van der Waals surface area contributed by atoms with E-state index in [4.69, 9.17) is 14.7 Å². The number of aromatic amines is 2. The summed E-state index contributed by atoms with van der Waals surface area (Å²) in [6, 6.07) is 10.6. The number of H-pyrrole nitrogens is 2. The van der Waals surface area contributed by atoms with Crippen LogP contribution in [0, 0.1) is 0 Å². The molecule has 8 bridgehead atoms. The Morgan fingerprint density at radius 3 is 2.16 bits per heavy atom. The number of hydrogen-bond donors (Lipinski definition) is 2. The third-order valence-electron chi connectivity index (χ3n) is 6.34. The molecule has 5 rings (SSSR count). The lowest BCUT2D eigenvalue weighted by Crippen LogP contribution is -2.15. The van der Waals surface area contributed by atoms with Crippen LogP contribution in [0.1, 0.15) is 50.5 Å². The Morgan fingerprint density at radius 2 is 1.44 bits per heavy atom. The van der Waals surface area contributed by atoms with Crippen molar-refractivity contribution in [2.24, 2.45) is 0 Å². The number of nitrogens with zero attached hydrogens (tertiary/aromatic N) is 2. The molecule has 2 N–H and O–H groups in total. The molecule has 3 aromatic rings. The first kappa shape index (κ1) is 21.7. The number of methoxy groups -OCH3 is 1. The minimum absolute atomic E-state index is 0.0532. The second-order valence-electron chi connectivity index (χ2n) is 9.95. The van der Waals surface area contributed by atoms with Crippen LogP contribution in [0.25, 0.3) is 22.1 Å². The maximum atomic E-state index is 5.88. The monoisotopic (exact) mass is 556 g/mol. The normalized spacial score (nSPS) is 16.8. The van der Waals surface area contributed by atoms with E-state index >= 15 is 0 Å². The first-order valence-corrected chi connectivity index (χ1v) is 12.3. The fourth-order valence-corrected chi connectivity index (χ4v) is 5.56. The average Bonchev–Trinajstić information content (AvgIpc) is 3.37. The number of fused-ring (bicyclic) bond motifs is 8. The van der Waals surface area contributed by atoms with E-state index in [-0.39, 0.29) is 10.8 Å². The van der Waals surface area contributed by atoms with Crippen molar-refractivity contribution in [2.45, 2.75) is 51.4 Å². The summed E-state index contributed by atoms with van der Waals surface area (Å²) >= 11 is 7.44. The Hall–Kier alpha value is -2.12. The Labute approximate surface area is 204 Å². The molecular weight excluding hydrogens is 532 g/mol. The van der Waals surface area contributed by atoms with Crippen molar-refractivity contribution >= 4 is 53.9 Å². The summed E-state index contributed by atoms with van der Waals surface area (Å²) in [5, 5.41) is 0. The molecule has 7 heteroatoms. The van der Waals surface area contributed by atoms with Crippen molar-refractivity contribution in [3.8, 4) is 5.75 Å². The zero-order valence-electron chi connectivity index (χ0n) is 18.9. The van der Waals surface area contributed by atoms with Crippen LogP contribution in [-0.2, 0) is 23.7 Å². The molecule has 2 aliphatic rings. The van der Waals surface area contributed by atoms with Gasteiger partial charge >= 0.3 is 0 Å². The molecule has 0 saturated carbocycles. The van der Waals surface area contributed by atoms with Crippen LogP contribution in [0.2, 0.25) is 0 Å². The van der Waals surface area contributed by atoms with Crippen LogP contribution in [0.3, 0.4) is 0 Å². The average molecular weight is 558 g/mol. The minimum Gasteiger partial charge on any atom is -0.493 e. The van der Waals surface area contributed by atoms with Gasteiger partial charge in [0.1, 0.15) is 0 Å². The molecule has 3 aromatic heterocycles. The molecule has 0 unspecified atom stereocenters. The summed E-state index contributed by atoms with van der Waals surface area (Å²) in [6.45, 7) is 8.91. The summed E-state index contributed by atoms with van der Waals surface area (Å²) in [6.07, 6.45) is 1.68. The van der Waals surface area contributed by atoms with Gasteiger partial charge in [-0.2, -0.15) is 0 Å². The largest absolute Gasteiger partial charge is 0.493 e. The third kappa shape index (κ3) is 3.69. The van der Waals surface area contributed by atoms with Gasteiger partial charge in [0.15, 0.2) is 5.75 Å². The Balaban J connectivity index is 1.94. The standard InChI is InChI=1S/C25H26Br2N4O/c1-24(2)11-15-8-18-16(26)6-13(28-18)9-21-25(3,4)12-19(31-21)23(32-5)22-17(27)7-14(30-22)10-20(24)29-15/h6-10,28,30H,11-12H2,1-5H3. The van der Waals surface area contributed by atoms with Gasteiger partial charge in [-0.3, -0.25) is 9.97 Å². The van der Waals surface area contributed by atoms with Gasteiger partial charge in [0, 0.05) is 60.7 Å². The van der Waals surface area contributed by atoms with Crippen molar-refractivity contribution in [2.75, 3.05) is 7.11 Å². The number of hydrogen-bond acceptors (Lipinski definition) is 3. The van der Waals surface area contributed by atoms with Crippen LogP contribution in [0.15, 0.2) is 39.3 Å². The van der Waals surface area contributed by atoms with Crippen LogP contribution in [0.5, 0.6) is 5.75 Å². The summed E-state index contributed by atoms with van der Waals surface area (Å²) in [4.78, 5) is 17.0. The van der Waals surface area contributed by atoms with Crippen LogP contribution in [0.4, 0.5) is 0 Å². The highest BCUT2D eigenvalue weighted by molar-refractivity contribution is 9.11. The molecule has 0 fully saturated rings. The fourth-order valence-electron chi connectivity index (χ4n) is 4.57. The van der Waals surface area contributed by atoms with E-state index in [1.54, 1.807) is 7.11 Å². The highest BCUT2D eigenvalue weighted by atomic mass is 79.9. The lowest BCUT2D eigenvalue weighted by Gasteiger charge is -2.16. The number of nitrogens with one attached hydrogen (secondary N) is 2. The zero-order chi connectivity index (χ0) is 22.8. The summed E-state index contributed by atoms with van der Waals surface area (Å²) in [7, 11) is 1.71. The Morgan fingerprint density at radius 1 is 0.812 bits per heavy atom. The highest BCUT2D eigenvalue weighted by Crippen LogP contribution is 2.38. The van der Waals surface area contributed by atoms with Crippen LogP contribution in [-0.4, -0.2) is 27.0 Å². The van der Waals surface area contributed by atoms with Crippen molar-refractivity contribution in [1.29, 1.82) is 0 Å². The minimum atomic E-state index is -0.106. The SMILES string of the molecule is COc1c2nc(cc3cc(Br)c(cc4nc(cc5cc(Br)c1[nH]5)C(C)(C)C4)[nH]3)C(C)(C)C2. The predicted molar refractivity (Wildman–Crippen MR) is 136 cm³/mol. The van der Waals surface area contributed by atoms with E-state index in [1.165, 1.54) is 0 Å². The molecule has 0 aliphatic carbocycles. The van der Waals surface area contributed by atoms with E-state index in [9.17, 15) is 0 Å². The van der Waals surface area contributed by atoms with Crippen LogP contribution >= 0.6 is 31.9 Å². The first-order chi connectivity index (χ1) is 15.1. The van der Waals surface area contributed by atoms with Gasteiger partial charge in [-0.25, -0.2) is 0 Å². The van der Waals surface area contributed by atoms with Gasteiger partial charge in [-0.15, -0.1) is 0 Å². The van der Waals surface area contributed by atoms with E-state index in [0.29, 0.717) is 0 Å². The molecule has 0 atom stereocenters. The molecule has 0 aromatic carbocycles. The van der Waals surface area contributed by atoms with Crippen molar-refractivity contribution < 1.29 is 4.74 Å².